The van der Waals surface area contributed by atoms with Gasteiger partial charge in [-0.05, 0) is 18.9 Å². The van der Waals surface area contributed by atoms with Crippen molar-refractivity contribution in [3.05, 3.63) is 29.8 Å². The Kier molecular flexibility index (Phi) is 5.58. The Morgan fingerprint density at radius 1 is 1.33 bits per heavy atom. The molecule has 1 aliphatic carbocycles. The van der Waals surface area contributed by atoms with Gasteiger partial charge in [-0.15, -0.1) is 0 Å². The maximum Gasteiger partial charge on any atom is 0.189 e. The zero-order valence-electron chi connectivity index (χ0n) is 14.3. The van der Waals surface area contributed by atoms with E-state index in [2.05, 4.69) is 10.3 Å². The van der Waals surface area contributed by atoms with Crippen LogP contribution in [0.2, 0.25) is 0 Å². The van der Waals surface area contributed by atoms with E-state index in [0.717, 1.165) is 24.2 Å². The van der Waals surface area contributed by atoms with Crippen LogP contribution in [0.1, 0.15) is 37.7 Å². The number of methoxy groups -OCH3 is 1. The highest BCUT2D eigenvalue weighted by atomic mass is 16.7. The lowest BCUT2D eigenvalue weighted by Gasteiger charge is -2.31. The zero-order chi connectivity index (χ0) is 16.8. The molecule has 0 aromatic heterocycles. The van der Waals surface area contributed by atoms with Crippen LogP contribution in [0.25, 0.3) is 0 Å². The molecule has 1 saturated carbocycles. The summed E-state index contributed by atoms with van der Waals surface area (Å²) in [6.45, 7) is 1.71. The Morgan fingerprint density at radius 2 is 2.12 bits per heavy atom. The Balaban J connectivity index is 1.46. The molecule has 0 bridgehead atoms. The molecule has 0 radical (unpaired) electrons. The van der Waals surface area contributed by atoms with Gasteiger partial charge in [-0.2, -0.15) is 0 Å². The predicted octanol–water partition coefficient (Wildman–Crippen LogP) is 2.18. The van der Waals surface area contributed by atoms with Gasteiger partial charge in [0.1, 0.15) is 11.9 Å². The highest BCUT2D eigenvalue weighted by molar-refractivity contribution is 5.77. The minimum absolute atomic E-state index is 0.0307. The smallest absolute Gasteiger partial charge is 0.189 e. The number of benzene rings is 1. The number of rotatable bonds is 5. The number of nitrogens with one attached hydrogen (secondary N) is 1. The first kappa shape index (κ1) is 17.0. The average Bonchev–Trinajstić information content (AvgIpc) is 3.01. The molecule has 132 valence electrons. The van der Waals surface area contributed by atoms with Crippen LogP contribution in [-0.2, 0) is 16.0 Å². The van der Waals surface area contributed by atoms with Gasteiger partial charge in [0.15, 0.2) is 11.7 Å². The van der Waals surface area contributed by atoms with Gasteiger partial charge in [0, 0.05) is 24.9 Å². The first-order chi connectivity index (χ1) is 11.7. The summed E-state index contributed by atoms with van der Waals surface area (Å²) in [5.74, 6) is 0.892. The molecular formula is C18H27N3O3. The quantitative estimate of drug-likeness (QED) is 0.638. The molecule has 2 aliphatic rings. The molecule has 1 heterocycles. The zero-order valence-corrected chi connectivity index (χ0v) is 14.3. The molecule has 6 nitrogen and oxygen atoms in total. The summed E-state index contributed by atoms with van der Waals surface area (Å²) in [5, 5.41) is 3.14. The van der Waals surface area contributed by atoms with Gasteiger partial charge < -0.3 is 25.3 Å². The second-order valence-corrected chi connectivity index (χ2v) is 6.42. The third kappa shape index (κ3) is 4.19. The number of nitrogens with zero attached hydrogens (tertiary/aromatic N) is 1. The number of aliphatic imine (C=N–C) groups is 1. The summed E-state index contributed by atoms with van der Waals surface area (Å²) in [6.07, 6.45) is 5.68. The van der Waals surface area contributed by atoms with Crippen LogP contribution in [0.4, 0.5) is 0 Å². The van der Waals surface area contributed by atoms with E-state index in [1.807, 2.05) is 24.3 Å². The molecule has 0 amide bonds. The number of hydrogen-bond donors (Lipinski definition) is 2. The van der Waals surface area contributed by atoms with Crippen LogP contribution in [0.15, 0.2) is 29.3 Å². The highest BCUT2D eigenvalue weighted by Gasteiger charge is 2.41. The SMILES string of the molecule is COc1ccccc1CN=C(N)NCC1COC2(CCCCC2)O1. The summed E-state index contributed by atoms with van der Waals surface area (Å²) >= 11 is 0. The molecule has 3 N–H and O–H groups in total. The molecule has 2 fully saturated rings. The van der Waals surface area contributed by atoms with E-state index >= 15 is 0 Å². The molecule has 24 heavy (non-hydrogen) atoms. The third-order valence-corrected chi connectivity index (χ3v) is 4.65. The monoisotopic (exact) mass is 333 g/mol. The molecule has 6 heteroatoms. The molecule has 1 saturated heterocycles. The van der Waals surface area contributed by atoms with Gasteiger partial charge in [-0.1, -0.05) is 24.6 Å². The van der Waals surface area contributed by atoms with Crippen LogP contribution in [0.5, 0.6) is 5.75 Å². The second kappa shape index (κ2) is 7.85. The maximum atomic E-state index is 6.12. The standard InChI is InChI=1S/C18H27N3O3/c1-22-16-8-4-3-7-14(16)11-20-17(19)21-12-15-13-23-18(24-15)9-5-2-6-10-18/h3-4,7-8,15H,2,5-6,9-13H2,1H3,(H3,19,20,21). The third-order valence-electron chi connectivity index (χ3n) is 4.65. The van der Waals surface area contributed by atoms with Crippen molar-refractivity contribution < 1.29 is 14.2 Å². The van der Waals surface area contributed by atoms with Gasteiger partial charge in [0.05, 0.1) is 20.3 Å². The molecular weight excluding hydrogens is 306 g/mol. The fourth-order valence-corrected chi connectivity index (χ4v) is 3.35. The molecule has 1 unspecified atom stereocenters. The fraction of sp³-hybridized carbons (Fsp3) is 0.611. The van der Waals surface area contributed by atoms with Crippen molar-refractivity contribution in [2.75, 3.05) is 20.3 Å². The minimum atomic E-state index is -0.339. The average molecular weight is 333 g/mol. The molecule has 1 spiro atoms. The maximum absolute atomic E-state index is 6.12. The van der Waals surface area contributed by atoms with E-state index in [0.29, 0.717) is 25.7 Å². The first-order valence-electron chi connectivity index (χ1n) is 8.68. The second-order valence-electron chi connectivity index (χ2n) is 6.42. The molecule has 1 aliphatic heterocycles. The van der Waals surface area contributed by atoms with Gasteiger partial charge in [0.25, 0.3) is 0 Å². The molecule has 3 rings (SSSR count). The largest absolute Gasteiger partial charge is 0.496 e. The number of nitrogens with two attached hydrogens (primary N) is 1. The van der Waals surface area contributed by atoms with Crippen LogP contribution in [0.3, 0.4) is 0 Å². The highest BCUT2D eigenvalue weighted by Crippen LogP contribution is 2.37. The van der Waals surface area contributed by atoms with E-state index < -0.39 is 0 Å². The lowest BCUT2D eigenvalue weighted by Crippen LogP contribution is -2.40. The Morgan fingerprint density at radius 3 is 2.92 bits per heavy atom. The Hall–Kier alpha value is -1.79. The van der Waals surface area contributed by atoms with Gasteiger partial charge in [-0.25, -0.2) is 4.99 Å². The van der Waals surface area contributed by atoms with Crippen molar-refractivity contribution in [2.45, 2.75) is 50.5 Å². The van der Waals surface area contributed by atoms with E-state index in [9.17, 15) is 0 Å². The first-order valence-corrected chi connectivity index (χ1v) is 8.68. The van der Waals surface area contributed by atoms with E-state index in [4.69, 9.17) is 19.9 Å². The Bertz CT molecular complexity index is 570. The van der Waals surface area contributed by atoms with E-state index in [1.165, 1.54) is 19.3 Å². The van der Waals surface area contributed by atoms with Crippen molar-refractivity contribution >= 4 is 5.96 Å². The van der Waals surface area contributed by atoms with E-state index in [-0.39, 0.29) is 11.9 Å². The topological polar surface area (TPSA) is 78.1 Å². The van der Waals surface area contributed by atoms with Gasteiger partial charge in [-0.3, -0.25) is 0 Å². The number of hydrogen-bond acceptors (Lipinski definition) is 4. The van der Waals surface area contributed by atoms with Crippen LogP contribution >= 0.6 is 0 Å². The fourth-order valence-electron chi connectivity index (χ4n) is 3.35. The number of guanidine groups is 1. The molecule has 1 atom stereocenters. The molecule has 1 aromatic rings. The summed E-state index contributed by atoms with van der Waals surface area (Å²) in [5.41, 5.74) is 6.97. The summed E-state index contributed by atoms with van der Waals surface area (Å²) in [6, 6.07) is 7.80. The van der Waals surface area contributed by atoms with Crippen molar-refractivity contribution in [3.8, 4) is 5.75 Å². The van der Waals surface area contributed by atoms with Crippen LogP contribution in [-0.4, -0.2) is 38.1 Å². The van der Waals surface area contributed by atoms with E-state index in [1.54, 1.807) is 7.11 Å². The number of para-hydroxylation sites is 1. The van der Waals surface area contributed by atoms with Crippen LogP contribution in [0, 0.1) is 0 Å². The van der Waals surface area contributed by atoms with Crippen molar-refractivity contribution in [1.82, 2.24) is 5.32 Å². The van der Waals surface area contributed by atoms with Crippen LogP contribution < -0.4 is 15.8 Å². The minimum Gasteiger partial charge on any atom is -0.496 e. The Labute approximate surface area is 143 Å². The van der Waals surface area contributed by atoms with Crippen molar-refractivity contribution in [1.29, 1.82) is 0 Å². The summed E-state index contributed by atoms with van der Waals surface area (Å²) in [7, 11) is 1.66. The lowest BCUT2D eigenvalue weighted by atomic mass is 9.94. The summed E-state index contributed by atoms with van der Waals surface area (Å²) in [4.78, 5) is 4.37. The van der Waals surface area contributed by atoms with Gasteiger partial charge in [0.2, 0.25) is 0 Å². The lowest BCUT2D eigenvalue weighted by molar-refractivity contribution is -0.186. The van der Waals surface area contributed by atoms with Crippen molar-refractivity contribution in [2.24, 2.45) is 10.7 Å². The predicted molar refractivity (Wildman–Crippen MR) is 93.0 cm³/mol. The van der Waals surface area contributed by atoms with Gasteiger partial charge >= 0.3 is 0 Å². The molecule has 1 aromatic carbocycles. The normalized spacial score (nSPS) is 23.4. The number of ether oxygens (including phenoxy) is 3. The summed E-state index contributed by atoms with van der Waals surface area (Å²) < 4.78 is 17.4. The van der Waals surface area contributed by atoms with Crippen molar-refractivity contribution in [3.63, 3.8) is 0 Å².